The average molecular weight is 351 g/mol. The molecule has 2 aromatic carbocycles. The number of piperazine rings is 3. The van der Waals surface area contributed by atoms with Gasteiger partial charge in [0.2, 0.25) is 0 Å². The zero-order chi connectivity index (χ0) is 17.8. The Morgan fingerprint density at radius 2 is 1.81 bits per heavy atom. The van der Waals surface area contributed by atoms with Crippen molar-refractivity contribution >= 4 is 11.6 Å². The molecule has 5 rings (SSSR count). The molecule has 3 N–H and O–H groups in total. The molecule has 0 amide bonds. The molecule has 2 bridgehead atoms. The van der Waals surface area contributed by atoms with Crippen LogP contribution in [-0.4, -0.2) is 61.1 Å². The fourth-order valence-corrected chi connectivity index (χ4v) is 3.55. The van der Waals surface area contributed by atoms with Crippen LogP contribution in [0.2, 0.25) is 0 Å². The summed E-state index contributed by atoms with van der Waals surface area (Å²) in [4.78, 5) is 9.58. The maximum atomic E-state index is 6.09. The molecule has 0 radical (unpaired) electrons. The highest BCUT2D eigenvalue weighted by atomic mass is 16.5. The highest BCUT2D eigenvalue weighted by Crippen LogP contribution is 2.23. The maximum Gasteiger partial charge on any atom is 0.193 e. The fraction of sp³-hybridized carbons (Fsp3) is 0.350. The molecular weight excluding hydrogens is 326 g/mol. The Labute approximate surface area is 154 Å². The van der Waals surface area contributed by atoms with Crippen LogP contribution in [0.25, 0.3) is 0 Å². The van der Waals surface area contributed by atoms with Gasteiger partial charge in [0.1, 0.15) is 11.5 Å². The van der Waals surface area contributed by atoms with Crippen LogP contribution in [0.5, 0.6) is 11.5 Å². The third-order valence-corrected chi connectivity index (χ3v) is 4.95. The molecule has 6 nitrogen and oxygen atoms in total. The number of ether oxygens (including phenoxy) is 1. The van der Waals surface area contributed by atoms with Crippen LogP contribution in [0.3, 0.4) is 0 Å². The van der Waals surface area contributed by atoms with E-state index in [9.17, 15) is 0 Å². The summed E-state index contributed by atoms with van der Waals surface area (Å²) < 4.78 is 5.86. The number of guanidine groups is 1. The Balaban J connectivity index is 1.35. The highest BCUT2D eigenvalue weighted by molar-refractivity contribution is 5.92. The lowest BCUT2D eigenvalue weighted by Gasteiger charge is -2.47. The predicted octanol–water partition coefficient (Wildman–Crippen LogP) is 2.21. The number of nitrogens with zero attached hydrogens (tertiary/aromatic N) is 3. The number of fused-ring (bicyclic) bond motifs is 3. The topological polar surface area (TPSA) is 66.1 Å². The number of hydrogen-bond donors (Lipinski definition) is 2. The van der Waals surface area contributed by atoms with E-state index in [-0.39, 0.29) is 0 Å². The summed E-state index contributed by atoms with van der Waals surface area (Å²) in [5, 5.41) is 3.17. The summed E-state index contributed by atoms with van der Waals surface area (Å²) in [6.07, 6.45) is 0. The van der Waals surface area contributed by atoms with E-state index in [2.05, 4.69) is 20.1 Å². The first-order valence-corrected chi connectivity index (χ1v) is 9.12. The van der Waals surface area contributed by atoms with Gasteiger partial charge in [0.15, 0.2) is 5.96 Å². The summed E-state index contributed by atoms with van der Waals surface area (Å²) in [5.74, 6) is 2.01. The van der Waals surface area contributed by atoms with Gasteiger partial charge < -0.3 is 15.8 Å². The minimum Gasteiger partial charge on any atom is -0.457 e. The van der Waals surface area contributed by atoms with Crippen molar-refractivity contribution in [2.45, 2.75) is 6.04 Å². The second-order valence-corrected chi connectivity index (χ2v) is 6.78. The van der Waals surface area contributed by atoms with E-state index in [0.29, 0.717) is 12.0 Å². The van der Waals surface area contributed by atoms with E-state index in [4.69, 9.17) is 10.5 Å². The molecule has 136 valence electrons. The van der Waals surface area contributed by atoms with Gasteiger partial charge in [0.25, 0.3) is 0 Å². The summed E-state index contributed by atoms with van der Waals surface area (Å²) >= 11 is 0. The molecular formula is C20H25N5O. The second kappa shape index (κ2) is 7.76. The molecule has 3 saturated heterocycles. The molecule has 3 heterocycles. The lowest BCUT2D eigenvalue weighted by molar-refractivity contribution is 0.0174. The van der Waals surface area contributed by atoms with Crippen LogP contribution in [0.15, 0.2) is 59.6 Å². The molecule has 1 atom stereocenters. The molecule has 3 aliphatic rings. The number of nitrogens with one attached hydrogen (secondary N) is 1. The monoisotopic (exact) mass is 351 g/mol. The van der Waals surface area contributed by atoms with Gasteiger partial charge in [-0.25, -0.2) is 0 Å². The first kappa shape index (κ1) is 16.9. The van der Waals surface area contributed by atoms with E-state index in [1.807, 2.05) is 54.6 Å². The van der Waals surface area contributed by atoms with Crippen LogP contribution < -0.4 is 15.8 Å². The molecule has 1 unspecified atom stereocenters. The normalized spacial score (nSPS) is 25.1. The van der Waals surface area contributed by atoms with E-state index < -0.39 is 0 Å². The Bertz CT molecular complexity index is 756. The number of nitrogens with two attached hydrogens (primary N) is 1. The Kier molecular flexibility index (Phi) is 5.04. The van der Waals surface area contributed by atoms with Crippen molar-refractivity contribution in [2.24, 2.45) is 10.7 Å². The van der Waals surface area contributed by atoms with E-state index in [1.165, 1.54) is 13.1 Å². The first-order valence-electron chi connectivity index (χ1n) is 9.12. The number of benzene rings is 2. The van der Waals surface area contributed by atoms with Crippen molar-refractivity contribution in [3.8, 4) is 11.5 Å². The summed E-state index contributed by atoms with van der Waals surface area (Å²) in [6.45, 7) is 6.48. The highest BCUT2D eigenvalue weighted by Gasteiger charge is 2.31. The van der Waals surface area contributed by atoms with Gasteiger partial charge >= 0.3 is 0 Å². The summed E-state index contributed by atoms with van der Waals surface area (Å²) in [6, 6.07) is 17.9. The lowest BCUT2D eigenvalue weighted by Crippen LogP contribution is -2.61. The van der Waals surface area contributed by atoms with E-state index in [0.717, 1.165) is 43.4 Å². The third kappa shape index (κ3) is 4.15. The number of anilines is 1. The lowest BCUT2D eigenvalue weighted by atomic mass is 10.1. The molecule has 0 aliphatic carbocycles. The smallest absolute Gasteiger partial charge is 0.193 e. The zero-order valence-electron chi connectivity index (χ0n) is 14.8. The second-order valence-electron chi connectivity index (χ2n) is 6.78. The van der Waals surface area contributed by atoms with Gasteiger partial charge in [-0.15, -0.1) is 0 Å². The Hall–Kier alpha value is -2.57. The Morgan fingerprint density at radius 1 is 1.04 bits per heavy atom. The van der Waals surface area contributed by atoms with Gasteiger partial charge in [-0.1, -0.05) is 24.3 Å². The number of para-hydroxylation sites is 1. The van der Waals surface area contributed by atoms with Gasteiger partial charge in [0, 0.05) is 50.5 Å². The molecule has 3 fully saturated rings. The molecule has 6 heteroatoms. The molecule has 26 heavy (non-hydrogen) atoms. The van der Waals surface area contributed by atoms with Crippen LogP contribution in [-0.2, 0) is 0 Å². The van der Waals surface area contributed by atoms with Gasteiger partial charge in [-0.2, -0.15) is 0 Å². The van der Waals surface area contributed by atoms with Crippen LogP contribution in [0.4, 0.5) is 5.69 Å². The number of hydrogen-bond acceptors (Lipinski definition) is 4. The fourth-order valence-electron chi connectivity index (χ4n) is 3.55. The molecule has 0 spiro atoms. The number of rotatable bonds is 5. The summed E-state index contributed by atoms with van der Waals surface area (Å²) in [5.41, 5.74) is 6.96. The van der Waals surface area contributed by atoms with Crippen molar-refractivity contribution in [3.05, 3.63) is 54.6 Å². The molecule has 0 saturated carbocycles. The van der Waals surface area contributed by atoms with Gasteiger partial charge in [-0.05, 0) is 24.3 Å². The van der Waals surface area contributed by atoms with Crippen LogP contribution in [0, 0.1) is 0 Å². The minimum atomic E-state index is 0.444. The van der Waals surface area contributed by atoms with E-state index in [1.54, 1.807) is 0 Å². The van der Waals surface area contributed by atoms with Crippen LogP contribution in [0.1, 0.15) is 0 Å². The van der Waals surface area contributed by atoms with Crippen molar-refractivity contribution in [1.29, 1.82) is 0 Å². The third-order valence-electron chi connectivity index (χ3n) is 4.95. The predicted molar refractivity (Wildman–Crippen MR) is 105 cm³/mol. The molecule has 3 aliphatic heterocycles. The van der Waals surface area contributed by atoms with E-state index >= 15 is 0 Å². The van der Waals surface area contributed by atoms with Crippen molar-refractivity contribution < 1.29 is 4.74 Å². The van der Waals surface area contributed by atoms with Crippen molar-refractivity contribution in [3.63, 3.8) is 0 Å². The van der Waals surface area contributed by atoms with Crippen molar-refractivity contribution in [2.75, 3.05) is 44.6 Å². The molecule has 2 aromatic rings. The SMILES string of the molecule is NC(=NCC1CN2CCN1CC2)Nc1cccc(Oc2ccccc2)c1. The minimum absolute atomic E-state index is 0.444. The average Bonchev–Trinajstić information content (AvgIpc) is 2.68. The maximum absolute atomic E-state index is 6.09. The van der Waals surface area contributed by atoms with Crippen LogP contribution >= 0.6 is 0 Å². The van der Waals surface area contributed by atoms with Crippen molar-refractivity contribution in [1.82, 2.24) is 9.80 Å². The Morgan fingerprint density at radius 3 is 2.54 bits per heavy atom. The number of aliphatic imine (C=N–C) groups is 1. The summed E-state index contributed by atoms with van der Waals surface area (Å²) in [7, 11) is 0. The first-order chi connectivity index (χ1) is 12.8. The van der Waals surface area contributed by atoms with Gasteiger partial charge in [0.05, 0.1) is 6.54 Å². The largest absolute Gasteiger partial charge is 0.457 e. The van der Waals surface area contributed by atoms with Gasteiger partial charge in [-0.3, -0.25) is 14.8 Å². The molecule has 0 aromatic heterocycles. The zero-order valence-corrected chi connectivity index (χ0v) is 14.8. The quantitative estimate of drug-likeness (QED) is 0.639. The standard InChI is InChI=1S/C20H25N5O/c21-20(22-14-17-15-24-9-11-25(17)12-10-24)23-16-5-4-8-19(13-16)26-18-6-2-1-3-7-18/h1-8,13,17H,9-12,14-15H2,(H3,21,22,23).